The van der Waals surface area contributed by atoms with Gasteiger partial charge in [0, 0.05) is 44.5 Å². The Hall–Kier alpha value is -3.72. The molecule has 9 nitrogen and oxygen atoms in total. The molecular formula is C26H32N6O3. The Labute approximate surface area is 205 Å². The number of fused-ring (bicyclic) bond motifs is 2. The smallest absolute Gasteiger partial charge is 0.251 e. The zero-order valence-corrected chi connectivity index (χ0v) is 20.6. The van der Waals surface area contributed by atoms with Crippen LogP contribution in [0, 0.1) is 0 Å². The number of aromatic nitrogens is 2. The molecule has 2 amide bonds. The van der Waals surface area contributed by atoms with Crippen LogP contribution in [0.4, 0.5) is 17.3 Å². The molecule has 1 aromatic carbocycles. The minimum absolute atomic E-state index is 0.0309. The highest BCUT2D eigenvalue weighted by Crippen LogP contribution is 2.33. The zero-order valence-electron chi connectivity index (χ0n) is 20.6. The number of hydrogen-bond donors (Lipinski definition) is 3. The number of anilines is 3. The fraction of sp³-hybridized carbons (Fsp3) is 0.385. The van der Waals surface area contributed by atoms with E-state index in [2.05, 4.69) is 38.1 Å². The van der Waals surface area contributed by atoms with E-state index >= 15 is 0 Å². The number of ether oxygens (including phenoxy) is 1. The largest absolute Gasteiger partial charge is 0.379 e. The van der Waals surface area contributed by atoms with Crippen LogP contribution in [0.25, 0.3) is 6.08 Å². The average Bonchev–Trinajstić information content (AvgIpc) is 3.24. The van der Waals surface area contributed by atoms with Crippen LogP contribution in [0.5, 0.6) is 0 Å². The van der Waals surface area contributed by atoms with Crippen molar-refractivity contribution in [1.82, 2.24) is 20.2 Å². The van der Waals surface area contributed by atoms with E-state index in [0.717, 1.165) is 47.6 Å². The molecule has 4 heterocycles. The maximum absolute atomic E-state index is 11.8. The lowest BCUT2D eigenvalue weighted by Gasteiger charge is -2.26. The molecule has 1 aromatic heterocycles. The van der Waals surface area contributed by atoms with Gasteiger partial charge in [0.25, 0.3) is 5.91 Å². The highest BCUT2D eigenvalue weighted by Gasteiger charge is 2.21. The van der Waals surface area contributed by atoms with E-state index in [1.54, 1.807) is 12.0 Å². The molecule has 0 saturated carbocycles. The Morgan fingerprint density at radius 2 is 1.94 bits per heavy atom. The van der Waals surface area contributed by atoms with Gasteiger partial charge in [-0.3, -0.25) is 9.59 Å². The average molecular weight is 477 g/mol. The van der Waals surface area contributed by atoms with Crippen LogP contribution in [0.3, 0.4) is 0 Å². The molecule has 0 fully saturated rings. The molecule has 0 bridgehead atoms. The fourth-order valence-electron chi connectivity index (χ4n) is 3.90. The van der Waals surface area contributed by atoms with Gasteiger partial charge in [0.05, 0.1) is 11.2 Å². The van der Waals surface area contributed by atoms with Crippen molar-refractivity contribution in [2.75, 3.05) is 37.4 Å². The lowest BCUT2D eigenvalue weighted by molar-refractivity contribution is -0.117. The number of rotatable bonds is 4. The van der Waals surface area contributed by atoms with E-state index in [-0.39, 0.29) is 11.5 Å². The fourth-order valence-corrected chi connectivity index (χ4v) is 3.90. The van der Waals surface area contributed by atoms with Crippen molar-refractivity contribution < 1.29 is 14.3 Å². The van der Waals surface area contributed by atoms with Gasteiger partial charge < -0.3 is 25.6 Å². The van der Waals surface area contributed by atoms with Crippen LogP contribution in [0.15, 0.2) is 41.7 Å². The third kappa shape index (κ3) is 5.86. The molecule has 0 spiro atoms. The van der Waals surface area contributed by atoms with Crippen molar-refractivity contribution in [3.63, 3.8) is 0 Å². The first-order valence-corrected chi connectivity index (χ1v) is 11.7. The second-order valence-corrected chi connectivity index (χ2v) is 9.58. The first kappa shape index (κ1) is 24.4. The van der Waals surface area contributed by atoms with Gasteiger partial charge in [-0.25, -0.2) is 9.97 Å². The number of methoxy groups -OCH3 is 1. The van der Waals surface area contributed by atoms with Crippen LogP contribution < -0.4 is 16.0 Å². The number of carbonyl (C=O) groups is 2. The van der Waals surface area contributed by atoms with E-state index in [1.807, 2.05) is 39.0 Å². The van der Waals surface area contributed by atoms with Crippen molar-refractivity contribution in [2.45, 2.75) is 39.3 Å². The molecule has 184 valence electrons. The normalized spacial score (nSPS) is 16.5. The first-order valence-electron chi connectivity index (χ1n) is 11.7. The summed E-state index contributed by atoms with van der Waals surface area (Å²) in [5, 5.41) is 9.57. The number of nitrogens with zero attached hydrogens (tertiary/aromatic N) is 3. The lowest BCUT2D eigenvalue weighted by atomic mass is 9.95. The van der Waals surface area contributed by atoms with E-state index in [9.17, 15) is 9.59 Å². The SMILES string of the molecule is COC(C)(C)C.O=CN1CC=C(C2=Cc3c(ncnc3Nc3ccc4c(c3)CNC4=O)NC2)CC1. The van der Waals surface area contributed by atoms with Gasteiger partial charge in [-0.15, -0.1) is 0 Å². The summed E-state index contributed by atoms with van der Waals surface area (Å²) < 4.78 is 4.94. The highest BCUT2D eigenvalue weighted by molar-refractivity contribution is 5.98. The zero-order chi connectivity index (χ0) is 25.0. The summed E-state index contributed by atoms with van der Waals surface area (Å²) in [5.74, 6) is 1.47. The Morgan fingerprint density at radius 1 is 1.14 bits per heavy atom. The number of amides is 2. The minimum Gasteiger partial charge on any atom is -0.379 e. The van der Waals surface area contributed by atoms with Gasteiger partial charge in [0.15, 0.2) is 0 Å². The number of benzene rings is 1. The summed E-state index contributed by atoms with van der Waals surface area (Å²) in [4.78, 5) is 33.3. The highest BCUT2D eigenvalue weighted by atomic mass is 16.5. The molecular weight excluding hydrogens is 444 g/mol. The maximum atomic E-state index is 11.8. The Balaban J connectivity index is 0.000000431. The molecule has 0 unspecified atom stereocenters. The van der Waals surface area contributed by atoms with Crippen LogP contribution in [0.2, 0.25) is 0 Å². The molecule has 0 saturated heterocycles. The van der Waals surface area contributed by atoms with Crippen molar-refractivity contribution in [3.05, 3.63) is 58.4 Å². The summed E-state index contributed by atoms with van der Waals surface area (Å²) in [6.07, 6.45) is 7.50. The number of nitrogens with one attached hydrogen (secondary N) is 3. The van der Waals surface area contributed by atoms with Gasteiger partial charge in [-0.1, -0.05) is 6.08 Å². The molecule has 2 aromatic rings. The van der Waals surface area contributed by atoms with Crippen molar-refractivity contribution in [3.8, 4) is 0 Å². The summed E-state index contributed by atoms with van der Waals surface area (Å²) in [6, 6.07) is 5.69. The number of hydrogen-bond acceptors (Lipinski definition) is 7. The van der Waals surface area contributed by atoms with Crippen molar-refractivity contribution in [2.24, 2.45) is 0 Å². The van der Waals surface area contributed by atoms with Gasteiger partial charge in [-0.05, 0) is 68.2 Å². The van der Waals surface area contributed by atoms with Crippen LogP contribution in [-0.4, -0.2) is 59.5 Å². The second kappa shape index (κ2) is 10.3. The van der Waals surface area contributed by atoms with E-state index in [0.29, 0.717) is 25.5 Å². The van der Waals surface area contributed by atoms with E-state index in [4.69, 9.17) is 4.74 Å². The van der Waals surface area contributed by atoms with Crippen LogP contribution >= 0.6 is 0 Å². The van der Waals surface area contributed by atoms with E-state index < -0.39 is 0 Å². The van der Waals surface area contributed by atoms with Gasteiger partial charge in [-0.2, -0.15) is 0 Å². The Morgan fingerprint density at radius 3 is 2.63 bits per heavy atom. The standard InChI is InChI=1S/C21H20N6O2.C5H12O/c28-12-27-5-3-13(4-6-27)14-8-18-19(22-9-14)24-11-25-20(18)26-16-1-2-17-15(7-16)10-23-21(17)29;1-5(2,3)6-4/h1-3,7-8,11-12H,4-6,9-10H2,(H,23,29)(H2,22,24,25,26);1-4H3. The van der Waals surface area contributed by atoms with Crippen molar-refractivity contribution in [1.29, 1.82) is 0 Å². The molecule has 9 heteroatoms. The molecule has 3 N–H and O–H groups in total. The topological polar surface area (TPSA) is 108 Å². The summed E-state index contributed by atoms with van der Waals surface area (Å²) in [5.41, 5.74) is 5.95. The Kier molecular flexibility index (Phi) is 7.16. The molecule has 0 radical (unpaired) electrons. The monoisotopic (exact) mass is 476 g/mol. The first-order chi connectivity index (χ1) is 16.8. The third-order valence-electron chi connectivity index (χ3n) is 6.12. The second-order valence-electron chi connectivity index (χ2n) is 9.58. The lowest BCUT2D eigenvalue weighted by Crippen LogP contribution is -2.28. The molecule has 3 aliphatic heterocycles. The molecule has 35 heavy (non-hydrogen) atoms. The quantitative estimate of drug-likeness (QED) is 0.580. The summed E-state index contributed by atoms with van der Waals surface area (Å²) in [7, 11) is 1.71. The minimum atomic E-state index is -0.0309. The van der Waals surface area contributed by atoms with Crippen molar-refractivity contribution >= 4 is 35.7 Å². The van der Waals surface area contributed by atoms with Crippen LogP contribution in [0.1, 0.15) is 48.7 Å². The Bertz CT molecular complexity index is 1180. The molecule has 5 rings (SSSR count). The van der Waals surface area contributed by atoms with Gasteiger partial charge in [0.2, 0.25) is 6.41 Å². The van der Waals surface area contributed by atoms with Crippen LogP contribution in [-0.2, 0) is 16.1 Å². The molecule has 0 atom stereocenters. The summed E-state index contributed by atoms with van der Waals surface area (Å²) >= 11 is 0. The predicted octanol–water partition coefficient (Wildman–Crippen LogP) is 3.49. The molecule has 0 aliphatic carbocycles. The van der Waals surface area contributed by atoms with Gasteiger partial charge >= 0.3 is 0 Å². The predicted molar refractivity (Wildman–Crippen MR) is 136 cm³/mol. The molecule has 3 aliphatic rings. The third-order valence-corrected chi connectivity index (χ3v) is 6.12. The summed E-state index contributed by atoms with van der Waals surface area (Å²) in [6.45, 7) is 8.68. The van der Waals surface area contributed by atoms with Gasteiger partial charge in [0.1, 0.15) is 18.0 Å². The maximum Gasteiger partial charge on any atom is 0.251 e. The number of carbonyl (C=O) groups excluding carboxylic acids is 2. The van der Waals surface area contributed by atoms with E-state index in [1.165, 1.54) is 17.5 Å².